The van der Waals surface area contributed by atoms with Gasteiger partial charge in [-0.1, -0.05) is 29.3 Å². The lowest BCUT2D eigenvalue weighted by Gasteiger charge is -2.06. The van der Waals surface area contributed by atoms with Crippen LogP contribution in [-0.2, 0) is 16.1 Å². The van der Waals surface area contributed by atoms with Crippen LogP contribution < -0.4 is 0 Å². The minimum absolute atomic E-state index is 0.274. The Morgan fingerprint density at radius 2 is 2.00 bits per heavy atom. The van der Waals surface area contributed by atoms with Crippen molar-refractivity contribution in [1.29, 1.82) is 0 Å². The van der Waals surface area contributed by atoms with E-state index in [2.05, 4.69) is 0 Å². The van der Waals surface area contributed by atoms with E-state index < -0.39 is 0 Å². The fourth-order valence-corrected chi connectivity index (χ4v) is 1.63. The maximum atomic E-state index is 5.96. The molecule has 1 atom stereocenters. The van der Waals surface area contributed by atoms with Gasteiger partial charge < -0.3 is 9.47 Å². The first-order chi connectivity index (χ1) is 6.77. The van der Waals surface area contributed by atoms with Gasteiger partial charge >= 0.3 is 0 Å². The highest BCUT2D eigenvalue weighted by Gasteiger charge is 2.22. The summed E-state index contributed by atoms with van der Waals surface area (Å²) in [6.07, 6.45) is 0.274. The predicted octanol–water partition coefficient (Wildman–Crippen LogP) is 2.91. The van der Waals surface area contributed by atoms with Crippen molar-refractivity contribution in [2.45, 2.75) is 12.7 Å². The van der Waals surface area contributed by atoms with Crippen molar-refractivity contribution in [3.63, 3.8) is 0 Å². The molecule has 0 radical (unpaired) electrons. The summed E-state index contributed by atoms with van der Waals surface area (Å²) in [6, 6.07) is 5.43. The summed E-state index contributed by atoms with van der Waals surface area (Å²) < 4.78 is 10.4. The fourth-order valence-electron chi connectivity index (χ4n) is 1.13. The van der Waals surface area contributed by atoms with Gasteiger partial charge in [-0.05, 0) is 12.1 Å². The second kappa shape index (κ2) is 4.49. The minimum atomic E-state index is 0.274. The lowest BCUT2D eigenvalue weighted by molar-refractivity contribution is 0.104. The molecule has 0 unspecified atom stereocenters. The fraction of sp³-hybridized carbons (Fsp3) is 0.400. The zero-order valence-corrected chi connectivity index (χ0v) is 9.02. The highest BCUT2D eigenvalue weighted by Crippen LogP contribution is 2.25. The predicted molar refractivity (Wildman–Crippen MR) is 55.9 cm³/mol. The third-order valence-corrected chi connectivity index (χ3v) is 2.72. The summed E-state index contributed by atoms with van der Waals surface area (Å²) in [6.45, 7) is 1.86. The molecule has 1 heterocycles. The summed E-state index contributed by atoms with van der Waals surface area (Å²) in [4.78, 5) is 0. The number of hydrogen-bond acceptors (Lipinski definition) is 2. The molecule has 14 heavy (non-hydrogen) atoms. The van der Waals surface area contributed by atoms with E-state index in [-0.39, 0.29) is 6.10 Å². The molecule has 0 saturated carbocycles. The molecule has 1 aliphatic heterocycles. The lowest BCUT2D eigenvalue weighted by atomic mass is 10.2. The standard InChI is InChI=1S/C10H10Cl2O2/c11-9-2-1-3-10(12)8(9)6-13-4-7-5-14-7/h1-3,7H,4-6H2/t7-/m0/s1. The van der Waals surface area contributed by atoms with Gasteiger partial charge in [0.2, 0.25) is 0 Å². The summed E-state index contributed by atoms with van der Waals surface area (Å²) >= 11 is 11.9. The van der Waals surface area contributed by atoms with Gasteiger partial charge in [0.15, 0.2) is 0 Å². The largest absolute Gasteiger partial charge is 0.374 e. The molecular formula is C10H10Cl2O2. The van der Waals surface area contributed by atoms with Crippen LogP contribution in [0.1, 0.15) is 5.56 Å². The van der Waals surface area contributed by atoms with Crippen molar-refractivity contribution in [3.8, 4) is 0 Å². The van der Waals surface area contributed by atoms with Crippen LogP contribution in [0.25, 0.3) is 0 Å². The first kappa shape index (κ1) is 10.2. The maximum absolute atomic E-state index is 5.96. The molecule has 0 aromatic heterocycles. The van der Waals surface area contributed by atoms with E-state index in [4.69, 9.17) is 32.7 Å². The van der Waals surface area contributed by atoms with Crippen LogP contribution >= 0.6 is 23.2 Å². The highest BCUT2D eigenvalue weighted by molar-refractivity contribution is 6.35. The molecular weight excluding hydrogens is 223 g/mol. The topological polar surface area (TPSA) is 21.8 Å². The number of ether oxygens (including phenoxy) is 2. The third kappa shape index (κ3) is 2.61. The summed E-state index contributed by atoms with van der Waals surface area (Å²) in [5.74, 6) is 0. The molecule has 0 N–H and O–H groups in total. The monoisotopic (exact) mass is 232 g/mol. The molecule has 2 rings (SSSR count). The average Bonchev–Trinajstić information content (AvgIpc) is 2.94. The van der Waals surface area contributed by atoms with Gasteiger partial charge in [-0.15, -0.1) is 0 Å². The lowest BCUT2D eigenvalue weighted by Crippen LogP contribution is -2.02. The Morgan fingerprint density at radius 1 is 1.36 bits per heavy atom. The molecule has 1 saturated heterocycles. The van der Waals surface area contributed by atoms with Crippen molar-refractivity contribution in [3.05, 3.63) is 33.8 Å². The second-order valence-electron chi connectivity index (χ2n) is 3.17. The van der Waals surface area contributed by atoms with Gasteiger partial charge in [0.1, 0.15) is 6.10 Å². The van der Waals surface area contributed by atoms with E-state index in [1.807, 2.05) is 6.07 Å². The highest BCUT2D eigenvalue weighted by atomic mass is 35.5. The smallest absolute Gasteiger partial charge is 0.104 e. The van der Waals surface area contributed by atoms with Crippen molar-refractivity contribution in [2.24, 2.45) is 0 Å². The van der Waals surface area contributed by atoms with E-state index >= 15 is 0 Å². The number of benzene rings is 1. The zero-order valence-electron chi connectivity index (χ0n) is 7.50. The van der Waals surface area contributed by atoms with Gasteiger partial charge in [0.05, 0.1) is 19.8 Å². The van der Waals surface area contributed by atoms with Gasteiger partial charge in [-0.3, -0.25) is 0 Å². The summed E-state index contributed by atoms with van der Waals surface area (Å²) in [5.41, 5.74) is 0.844. The first-order valence-corrected chi connectivity index (χ1v) is 5.15. The number of hydrogen-bond donors (Lipinski definition) is 0. The van der Waals surface area contributed by atoms with E-state index in [1.165, 1.54) is 0 Å². The quantitative estimate of drug-likeness (QED) is 0.746. The average molecular weight is 233 g/mol. The van der Waals surface area contributed by atoms with Gasteiger partial charge in [-0.2, -0.15) is 0 Å². The molecule has 76 valence electrons. The molecule has 1 aromatic rings. The van der Waals surface area contributed by atoms with Crippen LogP contribution in [0.5, 0.6) is 0 Å². The molecule has 0 aliphatic carbocycles. The zero-order chi connectivity index (χ0) is 9.97. The van der Waals surface area contributed by atoms with Crippen LogP contribution in [0.2, 0.25) is 10.0 Å². The van der Waals surface area contributed by atoms with Crippen LogP contribution in [0.15, 0.2) is 18.2 Å². The van der Waals surface area contributed by atoms with Crippen LogP contribution in [0.3, 0.4) is 0 Å². The van der Waals surface area contributed by atoms with Gasteiger partial charge in [0, 0.05) is 15.6 Å². The van der Waals surface area contributed by atoms with Crippen molar-refractivity contribution in [1.82, 2.24) is 0 Å². The second-order valence-corrected chi connectivity index (χ2v) is 3.99. The van der Waals surface area contributed by atoms with Crippen LogP contribution in [-0.4, -0.2) is 19.3 Å². The molecule has 0 spiro atoms. The van der Waals surface area contributed by atoms with E-state index in [0.717, 1.165) is 12.2 Å². The Bertz CT molecular complexity index is 304. The van der Waals surface area contributed by atoms with Crippen LogP contribution in [0, 0.1) is 0 Å². The van der Waals surface area contributed by atoms with Crippen molar-refractivity contribution >= 4 is 23.2 Å². The Kier molecular flexibility index (Phi) is 3.29. The Balaban J connectivity index is 1.92. The van der Waals surface area contributed by atoms with Gasteiger partial charge in [0.25, 0.3) is 0 Å². The van der Waals surface area contributed by atoms with E-state index in [9.17, 15) is 0 Å². The Labute approximate surface area is 92.7 Å². The molecule has 2 nitrogen and oxygen atoms in total. The molecule has 1 aliphatic rings. The number of epoxide rings is 1. The summed E-state index contributed by atoms with van der Waals surface area (Å²) in [5, 5.41) is 1.29. The van der Waals surface area contributed by atoms with E-state index in [0.29, 0.717) is 23.3 Å². The Morgan fingerprint density at radius 3 is 2.57 bits per heavy atom. The normalized spacial score (nSPS) is 19.7. The maximum Gasteiger partial charge on any atom is 0.104 e. The number of rotatable bonds is 4. The summed E-state index contributed by atoms with van der Waals surface area (Å²) in [7, 11) is 0. The molecule has 0 amide bonds. The van der Waals surface area contributed by atoms with Crippen molar-refractivity contribution < 1.29 is 9.47 Å². The van der Waals surface area contributed by atoms with E-state index in [1.54, 1.807) is 12.1 Å². The molecule has 4 heteroatoms. The molecule has 0 bridgehead atoms. The Hall–Kier alpha value is -0.280. The van der Waals surface area contributed by atoms with Gasteiger partial charge in [-0.25, -0.2) is 0 Å². The van der Waals surface area contributed by atoms with Crippen LogP contribution in [0.4, 0.5) is 0 Å². The molecule has 1 aromatic carbocycles. The molecule has 1 fully saturated rings. The minimum Gasteiger partial charge on any atom is -0.374 e. The number of halogens is 2. The third-order valence-electron chi connectivity index (χ3n) is 2.01. The van der Waals surface area contributed by atoms with Crippen molar-refractivity contribution in [2.75, 3.05) is 13.2 Å². The SMILES string of the molecule is Clc1cccc(Cl)c1COC[C@H]1CO1. The first-order valence-electron chi connectivity index (χ1n) is 4.39.